The van der Waals surface area contributed by atoms with E-state index in [9.17, 15) is 36.3 Å². The predicted octanol–water partition coefficient (Wildman–Crippen LogP) is 1.37. The highest BCUT2D eigenvalue weighted by Crippen LogP contribution is 2.48. The maximum absolute atomic E-state index is 13.2. The molecule has 2 heterocycles. The highest BCUT2D eigenvalue weighted by molar-refractivity contribution is 6.07. The summed E-state index contributed by atoms with van der Waals surface area (Å²) in [4.78, 5) is 40.5. The van der Waals surface area contributed by atoms with E-state index < -0.39 is 60.1 Å². The first-order valence-electron chi connectivity index (χ1n) is 10.0. The maximum atomic E-state index is 13.2. The number of carbonyl (C=O) groups is 3. The molecule has 4 rings (SSSR count). The molecule has 1 aromatic rings. The van der Waals surface area contributed by atoms with Gasteiger partial charge in [0.1, 0.15) is 11.8 Å². The van der Waals surface area contributed by atoms with Crippen LogP contribution < -0.4 is 11.1 Å². The summed E-state index contributed by atoms with van der Waals surface area (Å²) in [5.41, 5.74) is 6.17. The molecule has 1 aliphatic carbocycles. The second kappa shape index (κ2) is 8.04. The van der Waals surface area contributed by atoms with Gasteiger partial charge in [-0.15, -0.1) is 0 Å². The smallest absolute Gasteiger partial charge is 0.383 e. The molecule has 33 heavy (non-hydrogen) atoms. The van der Waals surface area contributed by atoms with Crippen molar-refractivity contribution in [3.05, 3.63) is 34.9 Å². The van der Waals surface area contributed by atoms with Crippen molar-refractivity contribution < 1.29 is 41.1 Å². The van der Waals surface area contributed by atoms with Gasteiger partial charge in [0.25, 0.3) is 11.8 Å². The van der Waals surface area contributed by atoms with Gasteiger partial charge in [0.2, 0.25) is 5.91 Å². The minimum Gasteiger partial charge on any atom is -0.383 e. The zero-order valence-electron chi connectivity index (χ0n) is 17.0. The van der Waals surface area contributed by atoms with Crippen molar-refractivity contribution >= 4 is 23.6 Å². The number of carbonyl (C=O) groups excluding carboxylic acids is 3. The molecule has 0 spiro atoms. The van der Waals surface area contributed by atoms with Crippen LogP contribution in [0.25, 0.3) is 0 Å². The van der Waals surface area contributed by atoms with E-state index in [1.807, 2.05) is 0 Å². The van der Waals surface area contributed by atoms with Gasteiger partial charge in [0.05, 0.1) is 18.7 Å². The third kappa shape index (κ3) is 4.54. The number of fused-ring (bicyclic) bond motifs is 1. The third-order valence-corrected chi connectivity index (χ3v) is 5.90. The topological polar surface area (TPSA) is 114 Å². The summed E-state index contributed by atoms with van der Waals surface area (Å²) in [5, 5.41) is 2.60. The van der Waals surface area contributed by atoms with Crippen LogP contribution in [0.4, 0.5) is 22.0 Å². The van der Waals surface area contributed by atoms with Crippen LogP contribution in [-0.2, 0) is 20.9 Å². The van der Waals surface area contributed by atoms with Crippen molar-refractivity contribution in [2.75, 3.05) is 13.2 Å². The number of ether oxygens (including phenoxy) is 1. The summed E-state index contributed by atoms with van der Waals surface area (Å²) in [5.74, 6) is -8.72. The van der Waals surface area contributed by atoms with Gasteiger partial charge in [-0.1, -0.05) is 12.1 Å². The van der Waals surface area contributed by atoms with Gasteiger partial charge >= 0.3 is 12.1 Å². The summed E-state index contributed by atoms with van der Waals surface area (Å²) in [6, 6.07) is 2.82. The van der Waals surface area contributed by atoms with Crippen molar-refractivity contribution in [3.63, 3.8) is 0 Å². The van der Waals surface area contributed by atoms with Crippen LogP contribution in [0.5, 0.6) is 0 Å². The molecule has 13 heteroatoms. The molecule has 3 N–H and O–H groups in total. The van der Waals surface area contributed by atoms with Gasteiger partial charge in [0.15, 0.2) is 0 Å². The van der Waals surface area contributed by atoms with Crippen LogP contribution in [0, 0.1) is 5.92 Å². The van der Waals surface area contributed by atoms with E-state index in [0.717, 1.165) is 0 Å². The first-order valence-corrected chi connectivity index (χ1v) is 10.0. The Bertz CT molecular complexity index is 1040. The monoisotopic (exact) mass is 474 g/mol. The molecule has 1 aromatic carbocycles. The largest absolute Gasteiger partial charge is 0.473 e. The van der Waals surface area contributed by atoms with Crippen molar-refractivity contribution in [1.82, 2.24) is 10.2 Å². The van der Waals surface area contributed by atoms with Crippen LogP contribution in [-0.4, -0.2) is 65.9 Å². The van der Waals surface area contributed by atoms with Crippen LogP contribution in [0.1, 0.15) is 34.3 Å². The summed E-state index contributed by atoms with van der Waals surface area (Å²) in [6.07, 6.45) is -5.37. The minimum atomic E-state index is -5.18. The molecule has 178 valence electrons. The van der Waals surface area contributed by atoms with E-state index in [-0.39, 0.29) is 30.9 Å². The second-order valence-corrected chi connectivity index (χ2v) is 8.17. The van der Waals surface area contributed by atoms with Crippen molar-refractivity contribution in [2.45, 2.75) is 43.6 Å². The number of rotatable bonds is 4. The molecule has 0 bridgehead atoms. The zero-order chi connectivity index (χ0) is 24.1. The van der Waals surface area contributed by atoms with Gasteiger partial charge in [-0.3, -0.25) is 14.4 Å². The average Bonchev–Trinajstić information content (AvgIpc) is 3.27. The Morgan fingerprint density at radius 3 is 2.61 bits per heavy atom. The minimum absolute atomic E-state index is 0.0396. The van der Waals surface area contributed by atoms with E-state index in [4.69, 9.17) is 10.5 Å². The fourth-order valence-electron chi connectivity index (χ4n) is 3.97. The van der Waals surface area contributed by atoms with Crippen LogP contribution >= 0.6 is 0 Å². The first kappa shape index (κ1) is 23.1. The Kier molecular flexibility index (Phi) is 5.63. The molecule has 0 radical (unpaired) electrons. The van der Waals surface area contributed by atoms with Gasteiger partial charge in [0, 0.05) is 30.7 Å². The van der Waals surface area contributed by atoms with Crippen molar-refractivity contribution in [3.8, 4) is 0 Å². The zero-order valence-corrected chi connectivity index (χ0v) is 17.0. The number of aliphatic imine (C=N–C) groups is 1. The predicted molar refractivity (Wildman–Crippen MR) is 102 cm³/mol. The molecule has 0 aromatic heterocycles. The number of benzene rings is 1. The van der Waals surface area contributed by atoms with Gasteiger partial charge in [-0.25, -0.2) is 8.78 Å². The van der Waals surface area contributed by atoms with Gasteiger partial charge < -0.3 is 20.7 Å². The number of nitrogens with zero attached hydrogens (tertiary/aromatic N) is 2. The lowest BCUT2D eigenvalue weighted by Gasteiger charge is -2.38. The van der Waals surface area contributed by atoms with Gasteiger partial charge in [-0.05, 0) is 18.1 Å². The molecule has 3 aliphatic rings. The summed E-state index contributed by atoms with van der Waals surface area (Å²) in [7, 11) is 0. The number of alkyl halides is 5. The van der Waals surface area contributed by atoms with E-state index in [1.165, 1.54) is 23.1 Å². The molecular weight excluding hydrogens is 455 g/mol. The lowest BCUT2D eigenvalue weighted by molar-refractivity contribution is -0.169. The molecular formula is C20H19F5N4O4. The van der Waals surface area contributed by atoms with Crippen LogP contribution in [0.15, 0.2) is 23.2 Å². The molecule has 2 fully saturated rings. The fraction of sp³-hybridized carbons (Fsp3) is 0.500. The lowest BCUT2D eigenvalue weighted by Crippen LogP contribution is -2.57. The van der Waals surface area contributed by atoms with E-state index in [1.54, 1.807) is 0 Å². The molecule has 1 saturated heterocycles. The quantitative estimate of drug-likeness (QED) is 0.389. The second-order valence-electron chi connectivity index (χ2n) is 8.17. The van der Waals surface area contributed by atoms with Crippen molar-refractivity contribution in [2.24, 2.45) is 16.6 Å². The fourth-order valence-corrected chi connectivity index (χ4v) is 3.97. The standard InChI is InChI=1S/C20H19F5N4O4/c21-19(22)6-12(19)16(30)27-13-3-4-33-8-14(13)29-7-10-2-1-9(5-11(10)17(29)31)15(26)28-18(32)20(23,24)25/h1-2,5,12-14H,3-4,6-8H2,(H,27,30)(H2,26,28,32)/t12?,13-,14-/m0/s1. The lowest BCUT2D eigenvalue weighted by atomic mass is 10.0. The van der Waals surface area contributed by atoms with E-state index in [2.05, 4.69) is 10.3 Å². The Balaban J connectivity index is 1.51. The Morgan fingerprint density at radius 2 is 1.97 bits per heavy atom. The number of nitrogens with one attached hydrogen (secondary N) is 1. The number of halogens is 5. The maximum Gasteiger partial charge on any atom is 0.473 e. The number of amides is 3. The number of hydrogen-bond acceptors (Lipinski definition) is 4. The molecule has 1 unspecified atom stereocenters. The molecule has 3 atom stereocenters. The van der Waals surface area contributed by atoms with Crippen LogP contribution in [0.3, 0.4) is 0 Å². The Labute approximate surface area is 183 Å². The molecule has 3 amide bonds. The average molecular weight is 474 g/mol. The van der Waals surface area contributed by atoms with Crippen molar-refractivity contribution in [1.29, 1.82) is 0 Å². The molecule has 8 nitrogen and oxygen atoms in total. The van der Waals surface area contributed by atoms with Gasteiger partial charge in [-0.2, -0.15) is 18.2 Å². The summed E-state index contributed by atoms with van der Waals surface area (Å²) in [6.45, 7) is 0.469. The molecule has 1 saturated carbocycles. The first-order chi connectivity index (χ1) is 15.4. The highest BCUT2D eigenvalue weighted by atomic mass is 19.4. The summed E-state index contributed by atoms with van der Waals surface area (Å²) < 4.78 is 69.2. The SMILES string of the molecule is NC(=NC(=O)C(F)(F)F)c1ccc2c(c1)C(=O)N([C@H]1COCC[C@@H]1NC(=O)C1CC1(F)F)C2. The molecule has 2 aliphatic heterocycles. The van der Waals surface area contributed by atoms with E-state index in [0.29, 0.717) is 12.0 Å². The third-order valence-electron chi connectivity index (χ3n) is 5.90. The summed E-state index contributed by atoms with van der Waals surface area (Å²) >= 11 is 0. The number of amidine groups is 1. The Morgan fingerprint density at radius 1 is 1.27 bits per heavy atom. The van der Waals surface area contributed by atoms with Crippen LogP contribution in [0.2, 0.25) is 0 Å². The van der Waals surface area contributed by atoms with E-state index >= 15 is 0 Å². The number of nitrogens with two attached hydrogens (primary N) is 1. The highest BCUT2D eigenvalue weighted by Gasteiger charge is 2.61. The number of hydrogen-bond donors (Lipinski definition) is 2. The Hall–Kier alpha value is -3.09. The normalized spacial score (nSPS) is 26.7.